The summed E-state index contributed by atoms with van der Waals surface area (Å²) in [7, 11) is -3.27. The van der Waals surface area contributed by atoms with E-state index < -0.39 is 15.8 Å². The lowest BCUT2D eigenvalue weighted by molar-refractivity contribution is 0.300. The molecule has 0 radical (unpaired) electrons. The van der Waals surface area contributed by atoms with Crippen LogP contribution < -0.4 is 15.1 Å². The first kappa shape index (κ1) is 18.7. The smallest absolute Gasteiger partial charge is 0.208 e. The first-order chi connectivity index (χ1) is 12.7. The molecule has 2 rings (SSSR count). The number of nitrogens with zero attached hydrogens (tertiary/aromatic N) is 3. The predicted octanol–water partition coefficient (Wildman–Crippen LogP) is 1.54. The zero-order valence-corrected chi connectivity index (χ0v) is 15.9. The Morgan fingerprint density at radius 3 is 2.92 bits per heavy atom. The zero-order valence-electron chi connectivity index (χ0n) is 14.5. The Morgan fingerprint density at radius 2 is 2.27 bits per heavy atom. The van der Waals surface area contributed by atoms with E-state index in [4.69, 9.17) is 1.41 Å². The van der Waals surface area contributed by atoms with Crippen LogP contribution in [0.2, 0.25) is 1.41 Å². The van der Waals surface area contributed by atoms with Crippen molar-refractivity contribution in [2.24, 2.45) is 0 Å². The van der Waals surface area contributed by atoms with Gasteiger partial charge in [-0.05, 0) is 50.9 Å². The van der Waals surface area contributed by atoms with Crippen molar-refractivity contribution in [1.82, 2.24) is 15.0 Å². The fraction of sp³-hybridized carbons (Fsp3) is 0.308. The molecule has 0 bridgehead atoms. The van der Waals surface area contributed by atoms with Crippen LogP contribution in [0.25, 0.3) is 0 Å². The maximum atomic E-state index is 13.4. The minimum atomic E-state index is -3.27. The van der Waals surface area contributed by atoms with Crippen molar-refractivity contribution >= 4 is 43.3 Å². The molecule has 0 unspecified atom stereocenters. The van der Waals surface area contributed by atoms with Gasteiger partial charge < -0.3 is 5.32 Å². The number of amidine groups is 1. The highest BCUT2D eigenvalue weighted by molar-refractivity contribution is 9.10. The molecular formula is C13H16BrFN6O4S. The Morgan fingerprint density at radius 1 is 1.50 bits per heavy atom. The summed E-state index contributed by atoms with van der Waals surface area (Å²) in [5.41, 5.74) is 0.0737. The van der Waals surface area contributed by atoms with E-state index in [-0.39, 0.29) is 34.1 Å². The van der Waals surface area contributed by atoms with Gasteiger partial charge in [0.25, 0.3) is 0 Å². The fourth-order valence-corrected chi connectivity index (χ4v) is 2.73. The molecular weight excluding hydrogens is 435 g/mol. The summed E-state index contributed by atoms with van der Waals surface area (Å²) in [6, 6.07) is 3.69. The molecule has 142 valence electrons. The van der Waals surface area contributed by atoms with Crippen LogP contribution in [0.1, 0.15) is 12.1 Å². The number of hydrogen-bond donors (Lipinski definition) is 4. The van der Waals surface area contributed by atoms with Gasteiger partial charge in [0.15, 0.2) is 12.9 Å². The van der Waals surface area contributed by atoms with Gasteiger partial charge in [0, 0.05) is 13.1 Å². The number of hydrogen-bond acceptors (Lipinski definition) is 8. The van der Waals surface area contributed by atoms with Crippen LogP contribution in [0.5, 0.6) is 0 Å². The predicted molar refractivity (Wildman–Crippen MR) is 95.4 cm³/mol. The average Bonchev–Trinajstić information content (AvgIpc) is 3.05. The van der Waals surface area contributed by atoms with Gasteiger partial charge in [-0.25, -0.2) is 27.2 Å². The normalized spacial score (nSPS) is 12.8. The Hall–Kier alpha value is -2.09. The number of benzene rings is 1. The van der Waals surface area contributed by atoms with Gasteiger partial charge in [0.2, 0.25) is 15.8 Å². The van der Waals surface area contributed by atoms with Gasteiger partial charge in [-0.1, -0.05) is 0 Å². The quantitative estimate of drug-likeness (QED) is 0.205. The second-order valence-electron chi connectivity index (χ2n) is 5.14. The maximum absolute atomic E-state index is 13.4. The van der Waals surface area contributed by atoms with Crippen molar-refractivity contribution in [2.45, 2.75) is 6.42 Å². The molecule has 26 heavy (non-hydrogen) atoms. The highest BCUT2D eigenvalue weighted by Crippen LogP contribution is 2.24. The molecule has 0 aliphatic rings. The largest absolute Gasteiger partial charge is 0.365 e. The Balaban J connectivity index is 2.08. The summed E-state index contributed by atoms with van der Waals surface area (Å²) in [6.07, 6.45) is 1.49. The summed E-state index contributed by atoms with van der Waals surface area (Å²) in [5.74, 6) is -0.739. The summed E-state index contributed by atoms with van der Waals surface area (Å²) in [4.78, 5) is 0. The van der Waals surface area contributed by atoms with Gasteiger partial charge in [-0.15, -0.1) is 0 Å². The van der Waals surface area contributed by atoms with Gasteiger partial charge in [0.1, 0.15) is 5.82 Å². The van der Waals surface area contributed by atoms with E-state index in [9.17, 15) is 18.0 Å². The molecule has 4 N–H and O–H groups in total. The Labute approximate surface area is 158 Å². The van der Waals surface area contributed by atoms with E-state index in [0.29, 0.717) is 18.0 Å². The SMILES string of the molecule is [H]/N=C(/c1nonc1NCCCNS(C)(=O)=O)N(O)c1ccc(F)c(Br)c1. The summed E-state index contributed by atoms with van der Waals surface area (Å²) >= 11 is 3.00. The minimum absolute atomic E-state index is 0.0518. The van der Waals surface area contributed by atoms with Crippen molar-refractivity contribution < 1.29 is 24.1 Å². The molecule has 2 aromatic rings. The van der Waals surface area contributed by atoms with E-state index >= 15 is 0 Å². The number of rotatable bonds is 8. The van der Waals surface area contributed by atoms with Gasteiger partial charge in [-0.2, -0.15) is 0 Å². The highest BCUT2D eigenvalue weighted by atomic mass is 79.9. The second kappa shape index (κ2) is 8.53. The molecule has 0 aliphatic heterocycles. The van der Waals surface area contributed by atoms with Crippen molar-refractivity contribution in [3.05, 3.63) is 34.2 Å². The molecule has 0 spiro atoms. The number of hydroxylamine groups is 1. The number of halogens is 2. The minimum Gasteiger partial charge on any atom is -0.365 e. The second-order valence-corrected chi connectivity index (χ2v) is 7.83. The van der Waals surface area contributed by atoms with Crippen LogP contribution >= 0.6 is 15.9 Å². The third kappa shape index (κ3) is 5.45. The molecule has 1 aromatic carbocycles. The molecule has 1 aromatic heterocycles. The fourth-order valence-electron chi connectivity index (χ4n) is 1.84. The lowest BCUT2D eigenvalue weighted by atomic mass is 10.3. The molecule has 10 nitrogen and oxygen atoms in total. The van der Waals surface area contributed by atoms with E-state index in [1.807, 2.05) is 0 Å². The van der Waals surface area contributed by atoms with E-state index in [2.05, 4.69) is 46.3 Å². The molecule has 1 heterocycles. The summed E-state index contributed by atoms with van der Waals surface area (Å²) < 4.78 is 49.7. The van der Waals surface area contributed by atoms with Gasteiger partial charge in [-0.3, -0.25) is 10.6 Å². The van der Waals surface area contributed by atoms with Gasteiger partial charge >= 0.3 is 0 Å². The molecule has 13 heteroatoms. The van der Waals surface area contributed by atoms with Crippen molar-refractivity contribution in [3.63, 3.8) is 0 Å². The first-order valence-electron chi connectivity index (χ1n) is 7.65. The first-order valence-corrected chi connectivity index (χ1v) is 9.89. The Bertz CT molecular complexity index is 925. The maximum Gasteiger partial charge on any atom is 0.208 e. The Kier molecular flexibility index (Phi) is 6.13. The van der Waals surface area contributed by atoms with Crippen LogP contribution in [0, 0.1) is 11.2 Å². The topological polar surface area (TPSA) is 144 Å². The van der Waals surface area contributed by atoms with E-state index in [0.717, 1.165) is 12.3 Å². The number of sulfonamides is 1. The number of nitrogens with one attached hydrogen (secondary N) is 3. The lowest BCUT2D eigenvalue weighted by Gasteiger charge is -2.16. The molecule has 0 atom stereocenters. The van der Waals surface area contributed by atoms with E-state index in [1.165, 1.54) is 12.1 Å². The van der Waals surface area contributed by atoms with Crippen LogP contribution in [0.4, 0.5) is 15.9 Å². The average molecular weight is 451 g/mol. The van der Waals surface area contributed by atoms with Crippen LogP contribution in [-0.2, 0) is 10.0 Å². The molecule has 0 aliphatic carbocycles. The van der Waals surface area contributed by atoms with Crippen LogP contribution in [0.15, 0.2) is 27.3 Å². The summed E-state index contributed by atoms with van der Waals surface area (Å²) in [6.45, 7) is 0.518. The van der Waals surface area contributed by atoms with Crippen LogP contribution in [0.3, 0.4) is 0 Å². The monoisotopic (exact) mass is 450 g/mol. The van der Waals surface area contributed by atoms with Crippen molar-refractivity contribution in [1.29, 1.82) is 5.40 Å². The summed E-state index contributed by atoms with van der Waals surface area (Å²) in [5, 5.41) is 24.2. The standard InChI is InChI=1S/C13H16BrFN6O4S/c1-26(23,24)18-6-2-5-17-13-11(19-25-20-13)12(16)21(22)8-3-4-10(15)9(14)7-8/h3-4,7,16,18,22H,2,5-6H2,1H3,(H,17,20)/b16-12-. The lowest BCUT2D eigenvalue weighted by Crippen LogP contribution is -2.28. The molecule has 0 saturated heterocycles. The third-order valence-corrected chi connectivity index (χ3v) is 4.40. The molecule has 0 fully saturated rings. The zero-order chi connectivity index (χ0) is 20.0. The number of anilines is 2. The molecule has 0 amide bonds. The van der Waals surface area contributed by atoms with Crippen molar-refractivity contribution in [2.75, 3.05) is 29.7 Å². The van der Waals surface area contributed by atoms with Gasteiger partial charge in [0.05, 0.1) is 16.4 Å². The number of aromatic nitrogens is 2. The van der Waals surface area contributed by atoms with Crippen molar-refractivity contribution in [3.8, 4) is 0 Å². The molecule has 0 saturated carbocycles. The highest BCUT2D eigenvalue weighted by Gasteiger charge is 2.21. The van der Waals surface area contributed by atoms with E-state index in [1.54, 1.807) is 0 Å². The third-order valence-electron chi connectivity index (χ3n) is 3.06. The van der Waals surface area contributed by atoms with Crippen LogP contribution in [-0.4, -0.2) is 49.1 Å².